The quantitative estimate of drug-likeness (QED) is 0.601. The summed E-state index contributed by atoms with van der Waals surface area (Å²) in [6, 6.07) is 0.631. The molecule has 0 aromatic rings. The third-order valence-electron chi connectivity index (χ3n) is 2.90. The van der Waals surface area contributed by atoms with Gasteiger partial charge in [0.1, 0.15) is 6.17 Å². The lowest BCUT2D eigenvalue weighted by Gasteiger charge is -2.38. The number of likely N-dealkylation sites (tertiary alicyclic amines) is 1. The molecule has 2 heterocycles. The van der Waals surface area contributed by atoms with Crippen LogP contribution in [0, 0.1) is 0 Å². The van der Waals surface area contributed by atoms with Crippen LogP contribution >= 0.6 is 0 Å². The number of hydrogen-bond donors (Lipinski definition) is 3. The van der Waals surface area contributed by atoms with Crippen molar-refractivity contribution in [3.8, 4) is 0 Å². The molecule has 0 aromatic carbocycles. The highest BCUT2D eigenvalue weighted by Gasteiger charge is 2.38. The summed E-state index contributed by atoms with van der Waals surface area (Å²) in [6.07, 6.45) is -9.51. The van der Waals surface area contributed by atoms with Crippen molar-refractivity contribution >= 4 is 11.9 Å². The van der Waals surface area contributed by atoms with Crippen molar-refractivity contribution in [3.05, 3.63) is 0 Å². The third kappa shape index (κ3) is 8.86. The Balaban J connectivity index is 0.000000343. The molecule has 2 aliphatic heterocycles. The molecule has 1 unspecified atom stereocenters. The van der Waals surface area contributed by atoms with Crippen molar-refractivity contribution in [2.45, 2.75) is 31.0 Å². The molecule has 3 N–H and O–H groups in total. The highest BCUT2D eigenvalue weighted by atomic mass is 19.4. The van der Waals surface area contributed by atoms with Gasteiger partial charge in [0.05, 0.1) is 0 Å². The van der Waals surface area contributed by atoms with Gasteiger partial charge in [-0.05, 0) is 13.0 Å². The fourth-order valence-electron chi connectivity index (χ4n) is 1.70. The highest BCUT2D eigenvalue weighted by Crippen LogP contribution is 2.18. The van der Waals surface area contributed by atoms with Gasteiger partial charge in [-0.1, -0.05) is 0 Å². The van der Waals surface area contributed by atoms with E-state index in [-0.39, 0.29) is 0 Å². The van der Waals surface area contributed by atoms with E-state index in [9.17, 15) is 30.7 Å². The molecule has 2 fully saturated rings. The minimum atomic E-state index is -5.08. The van der Waals surface area contributed by atoms with Crippen LogP contribution in [0.15, 0.2) is 0 Å². The van der Waals surface area contributed by atoms with Gasteiger partial charge in [0.25, 0.3) is 0 Å². The van der Waals surface area contributed by atoms with E-state index >= 15 is 0 Å². The van der Waals surface area contributed by atoms with E-state index < -0.39 is 30.5 Å². The van der Waals surface area contributed by atoms with Crippen LogP contribution in [0.3, 0.4) is 0 Å². The summed E-state index contributed by atoms with van der Waals surface area (Å²) in [7, 11) is 0. The van der Waals surface area contributed by atoms with E-state index in [0.717, 1.165) is 13.1 Å². The maximum absolute atomic E-state index is 12.4. The van der Waals surface area contributed by atoms with Crippen LogP contribution in [0.25, 0.3) is 0 Å². The number of nitrogens with zero attached hydrogens (tertiary/aromatic N) is 1. The molecule has 0 radical (unpaired) electrons. The highest BCUT2D eigenvalue weighted by molar-refractivity contribution is 5.73. The fourth-order valence-corrected chi connectivity index (χ4v) is 1.70. The average Bonchev–Trinajstić information content (AvgIpc) is 2.87. The molecule has 0 spiro atoms. The van der Waals surface area contributed by atoms with Crippen molar-refractivity contribution in [2.24, 2.45) is 0 Å². The Morgan fingerprint density at radius 1 is 0.958 bits per heavy atom. The van der Waals surface area contributed by atoms with E-state index in [4.69, 9.17) is 19.8 Å². The lowest BCUT2D eigenvalue weighted by molar-refractivity contribution is -0.193. The van der Waals surface area contributed by atoms with Crippen molar-refractivity contribution in [1.29, 1.82) is 0 Å². The van der Waals surface area contributed by atoms with Crippen LogP contribution in [0.5, 0.6) is 0 Å². The van der Waals surface area contributed by atoms with Crippen molar-refractivity contribution < 1.29 is 50.5 Å². The van der Waals surface area contributed by atoms with Crippen LogP contribution in [0.2, 0.25) is 0 Å². The Hall–Kier alpha value is -1.63. The van der Waals surface area contributed by atoms with Gasteiger partial charge >= 0.3 is 24.3 Å². The lowest BCUT2D eigenvalue weighted by Crippen LogP contribution is -2.54. The first-order chi connectivity index (χ1) is 10.7. The minimum Gasteiger partial charge on any atom is -0.475 e. The zero-order valence-electron chi connectivity index (χ0n) is 12.0. The van der Waals surface area contributed by atoms with Crippen LogP contribution < -0.4 is 5.32 Å². The van der Waals surface area contributed by atoms with Gasteiger partial charge in [0, 0.05) is 25.7 Å². The van der Waals surface area contributed by atoms with Gasteiger partial charge in [-0.3, -0.25) is 4.90 Å². The monoisotopic (exact) mass is 372 g/mol. The molecule has 0 aromatic heterocycles. The summed E-state index contributed by atoms with van der Waals surface area (Å²) in [5.74, 6) is -5.51. The zero-order valence-corrected chi connectivity index (χ0v) is 12.0. The second kappa shape index (κ2) is 9.01. The Bertz CT molecular complexity index is 392. The molecule has 6 nitrogen and oxygen atoms in total. The van der Waals surface area contributed by atoms with Crippen molar-refractivity contribution in [1.82, 2.24) is 10.2 Å². The molecule has 2 rings (SSSR count). The number of halogens is 7. The van der Waals surface area contributed by atoms with E-state index in [0.29, 0.717) is 19.1 Å². The van der Waals surface area contributed by atoms with Crippen LogP contribution in [-0.2, 0) is 9.59 Å². The molecular formula is C11H15F7N2O4. The zero-order chi connectivity index (χ0) is 19.1. The first-order valence-electron chi connectivity index (χ1n) is 6.44. The predicted octanol–water partition coefficient (Wildman–Crippen LogP) is 1.27. The molecule has 24 heavy (non-hydrogen) atoms. The summed E-state index contributed by atoms with van der Waals surface area (Å²) < 4.78 is 75.8. The maximum atomic E-state index is 12.4. The first kappa shape index (κ1) is 22.4. The van der Waals surface area contributed by atoms with Gasteiger partial charge < -0.3 is 15.5 Å². The Labute approximate surface area is 131 Å². The number of rotatable bonds is 1. The molecule has 1 atom stereocenters. The molecule has 142 valence electrons. The van der Waals surface area contributed by atoms with Gasteiger partial charge in [0.2, 0.25) is 0 Å². The molecular weight excluding hydrogens is 357 g/mol. The number of carbonyl (C=O) groups is 2. The topological polar surface area (TPSA) is 89.9 Å². The summed E-state index contributed by atoms with van der Waals surface area (Å²) in [6.45, 7) is 3.52. The molecule has 2 saturated heterocycles. The van der Waals surface area contributed by atoms with Crippen molar-refractivity contribution in [2.75, 3.05) is 26.2 Å². The molecule has 0 aliphatic carbocycles. The van der Waals surface area contributed by atoms with E-state index in [1.165, 1.54) is 6.42 Å². The van der Waals surface area contributed by atoms with Gasteiger partial charge in [-0.25, -0.2) is 14.0 Å². The van der Waals surface area contributed by atoms with Gasteiger partial charge in [-0.15, -0.1) is 0 Å². The Morgan fingerprint density at radius 3 is 1.54 bits per heavy atom. The number of alkyl halides is 7. The molecule has 13 heteroatoms. The lowest BCUT2D eigenvalue weighted by atomic mass is 10.1. The number of nitrogens with one attached hydrogen (secondary N) is 1. The fraction of sp³-hybridized carbons (Fsp3) is 0.818. The van der Waals surface area contributed by atoms with Gasteiger partial charge in [0.15, 0.2) is 0 Å². The average molecular weight is 372 g/mol. The van der Waals surface area contributed by atoms with E-state index in [1.54, 1.807) is 0 Å². The van der Waals surface area contributed by atoms with Gasteiger partial charge in [-0.2, -0.15) is 26.3 Å². The number of carboxylic acids is 2. The van der Waals surface area contributed by atoms with Crippen LogP contribution in [-0.4, -0.2) is 77.8 Å². The molecule has 0 amide bonds. The van der Waals surface area contributed by atoms with E-state index in [2.05, 4.69) is 10.2 Å². The maximum Gasteiger partial charge on any atom is 0.490 e. The second-order valence-corrected chi connectivity index (χ2v) is 4.80. The summed E-state index contributed by atoms with van der Waals surface area (Å²) in [5.41, 5.74) is 0. The first-order valence-corrected chi connectivity index (χ1v) is 6.44. The minimum absolute atomic E-state index is 0.541. The number of hydrogen-bond acceptors (Lipinski definition) is 4. The SMILES string of the molecule is FC1CN(C2CCNC2)C1.O=C(O)C(F)(F)F.O=C(O)C(F)(F)F. The predicted molar refractivity (Wildman–Crippen MR) is 65.1 cm³/mol. The third-order valence-corrected chi connectivity index (χ3v) is 2.90. The molecule has 0 bridgehead atoms. The Morgan fingerprint density at radius 2 is 1.33 bits per heavy atom. The second-order valence-electron chi connectivity index (χ2n) is 4.80. The molecule has 0 saturated carbocycles. The summed E-state index contributed by atoms with van der Waals surface area (Å²) in [5, 5.41) is 17.5. The number of aliphatic carboxylic acids is 2. The summed E-state index contributed by atoms with van der Waals surface area (Å²) in [4.78, 5) is 20.0. The largest absolute Gasteiger partial charge is 0.490 e. The molecule has 2 aliphatic rings. The standard InChI is InChI=1S/C7H13FN2.2C2HF3O2/c8-6-4-10(5-6)7-1-2-9-3-7;2*3-2(4,5)1(6)7/h6-7,9H,1-5H2;2*(H,6,7). The smallest absolute Gasteiger partial charge is 0.475 e. The normalized spacial score (nSPS) is 21.7. The van der Waals surface area contributed by atoms with E-state index in [1.807, 2.05) is 0 Å². The van der Waals surface area contributed by atoms with Crippen LogP contribution in [0.1, 0.15) is 6.42 Å². The Kier molecular flexibility index (Phi) is 8.40. The number of carboxylic acid groups (broad SMARTS) is 2. The van der Waals surface area contributed by atoms with Crippen molar-refractivity contribution in [3.63, 3.8) is 0 Å². The van der Waals surface area contributed by atoms with Crippen LogP contribution in [0.4, 0.5) is 30.7 Å². The summed E-state index contributed by atoms with van der Waals surface area (Å²) >= 11 is 0.